The lowest BCUT2D eigenvalue weighted by atomic mass is 9.94. The maximum Gasteiger partial charge on any atom is 0.289 e. The summed E-state index contributed by atoms with van der Waals surface area (Å²) in [6.07, 6.45) is 0. The molecule has 110 valence electrons. The highest BCUT2D eigenvalue weighted by molar-refractivity contribution is 5.92. The molecule has 0 aliphatic carbocycles. The summed E-state index contributed by atoms with van der Waals surface area (Å²) in [6, 6.07) is 7.88. The number of ether oxygens (including phenoxy) is 1. The number of nitrogens with one attached hydrogen (secondary N) is 1. The Morgan fingerprint density at radius 3 is 2.86 bits per heavy atom. The van der Waals surface area contributed by atoms with Crippen molar-refractivity contribution in [3.63, 3.8) is 0 Å². The molecule has 21 heavy (non-hydrogen) atoms. The number of amides is 1. The van der Waals surface area contributed by atoms with E-state index in [0.717, 1.165) is 11.3 Å². The summed E-state index contributed by atoms with van der Waals surface area (Å²) in [7, 11) is 0. The summed E-state index contributed by atoms with van der Waals surface area (Å²) in [5, 5.41) is 2.98. The molecule has 2 atom stereocenters. The minimum Gasteiger partial charge on any atom is -0.493 e. The third-order valence-corrected chi connectivity index (χ3v) is 3.81. The lowest BCUT2D eigenvalue weighted by Gasteiger charge is -2.19. The van der Waals surface area contributed by atoms with Gasteiger partial charge in [-0.1, -0.05) is 18.2 Å². The second-order valence-corrected chi connectivity index (χ2v) is 5.36. The molecule has 1 aliphatic rings. The molecule has 3 rings (SSSR count). The van der Waals surface area contributed by atoms with Crippen LogP contribution in [0.2, 0.25) is 0 Å². The van der Waals surface area contributed by atoms with Gasteiger partial charge in [-0.15, -0.1) is 0 Å². The number of hydrogen-bond acceptors (Lipinski definition) is 4. The van der Waals surface area contributed by atoms with Crippen molar-refractivity contribution in [3.05, 3.63) is 47.2 Å². The van der Waals surface area contributed by atoms with Crippen molar-refractivity contribution < 1.29 is 13.9 Å². The summed E-state index contributed by atoms with van der Waals surface area (Å²) in [5.41, 5.74) is 1.75. The van der Waals surface area contributed by atoms with E-state index in [-0.39, 0.29) is 23.6 Å². The molecule has 0 saturated carbocycles. The molecule has 0 saturated heterocycles. The number of rotatable bonds is 3. The average molecular weight is 286 g/mol. The van der Waals surface area contributed by atoms with Gasteiger partial charge in [-0.3, -0.25) is 4.79 Å². The summed E-state index contributed by atoms with van der Waals surface area (Å²) < 4.78 is 11.0. The third kappa shape index (κ3) is 2.51. The highest BCUT2D eigenvalue weighted by atomic mass is 16.5. The zero-order chi connectivity index (χ0) is 15.0. The van der Waals surface area contributed by atoms with Gasteiger partial charge < -0.3 is 14.5 Å². The normalized spacial score (nSPS) is 18.0. The van der Waals surface area contributed by atoms with Gasteiger partial charge >= 0.3 is 0 Å². The highest BCUT2D eigenvalue weighted by Crippen LogP contribution is 2.35. The molecule has 5 heteroatoms. The first-order chi connectivity index (χ1) is 10.1. The molecule has 2 unspecified atom stereocenters. The largest absolute Gasteiger partial charge is 0.493 e. The van der Waals surface area contributed by atoms with Gasteiger partial charge in [0.25, 0.3) is 5.91 Å². The van der Waals surface area contributed by atoms with Crippen LogP contribution in [0.15, 0.2) is 28.7 Å². The van der Waals surface area contributed by atoms with Gasteiger partial charge in [-0.05, 0) is 19.9 Å². The molecule has 1 aliphatic heterocycles. The molecule has 2 heterocycles. The van der Waals surface area contributed by atoms with E-state index in [4.69, 9.17) is 9.15 Å². The fourth-order valence-electron chi connectivity index (χ4n) is 2.72. The molecule has 5 nitrogen and oxygen atoms in total. The second kappa shape index (κ2) is 5.24. The van der Waals surface area contributed by atoms with Crippen molar-refractivity contribution in [2.75, 3.05) is 6.61 Å². The number of para-hydroxylation sites is 1. The first-order valence-corrected chi connectivity index (χ1v) is 7.03. The number of aromatic nitrogens is 1. The predicted molar refractivity (Wildman–Crippen MR) is 77.6 cm³/mol. The topological polar surface area (TPSA) is 64.4 Å². The van der Waals surface area contributed by atoms with Crippen LogP contribution in [0.4, 0.5) is 0 Å². The Morgan fingerprint density at radius 2 is 2.14 bits per heavy atom. The molecule has 1 aromatic carbocycles. The van der Waals surface area contributed by atoms with Crippen LogP contribution in [-0.4, -0.2) is 23.5 Å². The zero-order valence-corrected chi connectivity index (χ0v) is 12.3. The number of carbonyl (C=O) groups excluding carboxylic acids is 1. The van der Waals surface area contributed by atoms with Crippen molar-refractivity contribution in [2.24, 2.45) is 0 Å². The maximum atomic E-state index is 12.3. The van der Waals surface area contributed by atoms with Crippen LogP contribution < -0.4 is 10.1 Å². The minimum atomic E-state index is -0.231. The van der Waals surface area contributed by atoms with Crippen LogP contribution in [0, 0.1) is 13.8 Å². The number of carbonyl (C=O) groups is 1. The molecule has 0 bridgehead atoms. The van der Waals surface area contributed by atoms with Gasteiger partial charge in [-0.2, -0.15) is 0 Å². The summed E-state index contributed by atoms with van der Waals surface area (Å²) in [6.45, 7) is 6.06. The Balaban J connectivity index is 1.74. The second-order valence-electron chi connectivity index (χ2n) is 5.36. The number of fused-ring (bicyclic) bond motifs is 1. The Labute approximate surface area is 123 Å². The summed E-state index contributed by atoms with van der Waals surface area (Å²) >= 11 is 0. The number of oxazole rings is 1. The molecular weight excluding hydrogens is 268 g/mol. The SMILES string of the molecule is Cc1nc(C)c(C(=O)NC(C)C2COc3ccccc32)o1. The van der Waals surface area contributed by atoms with Crippen molar-refractivity contribution in [3.8, 4) is 5.75 Å². The Kier molecular flexibility index (Phi) is 3.41. The first kappa shape index (κ1) is 13.7. The molecule has 2 aromatic rings. The van der Waals surface area contributed by atoms with Crippen molar-refractivity contribution in [1.82, 2.24) is 10.3 Å². The van der Waals surface area contributed by atoms with E-state index in [1.807, 2.05) is 31.2 Å². The van der Waals surface area contributed by atoms with E-state index in [0.29, 0.717) is 18.2 Å². The number of nitrogens with zero attached hydrogens (tertiary/aromatic N) is 1. The molecule has 0 spiro atoms. The van der Waals surface area contributed by atoms with E-state index in [1.165, 1.54) is 0 Å². The predicted octanol–water partition coefficient (Wildman–Crippen LogP) is 2.59. The van der Waals surface area contributed by atoms with E-state index in [1.54, 1.807) is 13.8 Å². The van der Waals surface area contributed by atoms with E-state index in [9.17, 15) is 4.79 Å². The lowest BCUT2D eigenvalue weighted by Crippen LogP contribution is -2.37. The molecule has 1 amide bonds. The molecule has 1 aromatic heterocycles. The molecule has 1 N–H and O–H groups in total. The van der Waals surface area contributed by atoms with Gasteiger partial charge in [0.15, 0.2) is 5.89 Å². The number of hydrogen-bond donors (Lipinski definition) is 1. The number of benzene rings is 1. The molecule has 0 radical (unpaired) electrons. The third-order valence-electron chi connectivity index (χ3n) is 3.81. The monoisotopic (exact) mass is 286 g/mol. The van der Waals surface area contributed by atoms with Crippen molar-refractivity contribution >= 4 is 5.91 Å². The fraction of sp³-hybridized carbons (Fsp3) is 0.375. The van der Waals surface area contributed by atoms with E-state index >= 15 is 0 Å². The van der Waals surface area contributed by atoms with Crippen LogP contribution in [0.5, 0.6) is 5.75 Å². The Hall–Kier alpha value is -2.30. The van der Waals surface area contributed by atoms with Crippen LogP contribution in [-0.2, 0) is 0 Å². The lowest BCUT2D eigenvalue weighted by molar-refractivity contribution is 0.0902. The van der Waals surface area contributed by atoms with Crippen LogP contribution in [0.1, 0.15) is 40.5 Å². The molecular formula is C16H18N2O3. The van der Waals surface area contributed by atoms with Crippen molar-refractivity contribution in [2.45, 2.75) is 32.7 Å². The highest BCUT2D eigenvalue weighted by Gasteiger charge is 2.30. The average Bonchev–Trinajstić information content (AvgIpc) is 3.01. The van der Waals surface area contributed by atoms with Crippen molar-refractivity contribution in [1.29, 1.82) is 0 Å². The van der Waals surface area contributed by atoms with E-state index < -0.39 is 0 Å². The standard InChI is InChI=1S/C16H18N2O3/c1-9(13-8-20-14-7-5-4-6-12(13)14)18-16(19)15-10(2)17-11(3)21-15/h4-7,9,13H,8H2,1-3H3,(H,18,19). The Morgan fingerprint density at radius 1 is 1.38 bits per heavy atom. The molecule has 0 fully saturated rings. The maximum absolute atomic E-state index is 12.3. The fourth-order valence-corrected chi connectivity index (χ4v) is 2.72. The zero-order valence-electron chi connectivity index (χ0n) is 12.3. The van der Waals surface area contributed by atoms with Gasteiger partial charge in [0.2, 0.25) is 5.76 Å². The van der Waals surface area contributed by atoms with Gasteiger partial charge in [0.1, 0.15) is 5.75 Å². The van der Waals surface area contributed by atoms with Crippen LogP contribution in [0.25, 0.3) is 0 Å². The van der Waals surface area contributed by atoms with E-state index in [2.05, 4.69) is 10.3 Å². The van der Waals surface area contributed by atoms with Gasteiger partial charge in [-0.25, -0.2) is 4.98 Å². The summed E-state index contributed by atoms with van der Waals surface area (Å²) in [4.78, 5) is 16.4. The quantitative estimate of drug-likeness (QED) is 0.942. The smallest absolute Gasteiger partial charge is 0.289 e. The Bertz CT molecular complexity index is 678. The first-order valence-electron chi connectivity index (χ1n) is 7.03. The summed E-state index contributed by atoms with van der Waals surface area (Å²) in [5.74, 6) is 1.60. The van der Waals surface area contributed by atoms with Gasteiger partial charge in [0.05, 0.1) is 12.3 Å². The van der Waals surface area contributed by atoms with Gasteiger partial charge in [0, 0.05) is 24.4 Å². The minimum absolute atomic E-state index is 0.0500. The van der Waals surface area contributed by atoms with Crippen LogP contribution >= 0.6 is 0 Å². The van der Waals surface area contributed by atoms with Crippen LogP contribution in [0.3, 0.4) is 0 Å². The number of aryl methyl sites for hydroxylation is 2.